The number of amides is 2. The van der Waals surface area contributed by atoms with Gasteiger partial charge in [-0.3, -0.25) is 19.5 Å². The summed E-state index contributed by atoms with van der Waals surface area (Å²) in [6, 6.07) is 5.23. The van der Waals surface area contributed by atoms with Gasteiger partial charge in [0, 0.05) is 14.6 Å². The van der Waals surface area contributed by atoms with Gasteiger partial charge in [-0.05, 0) is 58.5 Å². The zero-order valence-electron chi connectivity index (χ0n) is 24.4. The summed E-state index contributed by atoms with van der Waals surface area (Å²) >= 11 is 1.71. The average molecular weight is 803 g/mol. The van der Waals surface area contributed by atoms with Gasteiger partial charge in [-0.25, -0.2) is 14.2 Å². The Balaban J connectivity index is 0.000000804. The molecule has 2 aromatic carbocycles. The van der Waals surface area contributed by atoms with Gasteiger partial charge in [-0.2, -0.15) is 31.4 Å². The molecular weight excluding hydrogens is 778 g/mol. The molecule has 0 aliphatic carbocycles. The van der Waals surface area contributed by atoms with Crippen molar-refractivity contribution in [2.24, 2.45) is 4.99 Å². The number of ether oxygens (including phenoxy) is 1. The van der Waals surface area contributed by atoms with Crippen molar-refractivity contribution in [3.05, 3.63) is 56.8 Å². The Morgan fingerprint density at radius 1 is 1.10 bits per heavy atom. The fourth-order valence-electron chi connectivity index (χ4n) is 4.03. The van der Waals surface area contributed by atoms with E-state index in [0.717, 1.165) is 19.2 Å². The van der Waals surface area contributed by atoms with Gasteiger partial charge in [0.25, 0.3) is 5.91 Å². The number of hydrogen-bond donors (Lipinski definition) is 6. The Labute approximate surface area is 279 Å². The molecule has 13 nitrogen and oxygen atoms in total. The Hall–Kier alpha value is -4.70. The smallest absolute Gasteiger partial charge is 0.475 e. The number of carboxylic acid groups (broad SMARTS) is 1. The van der Waals surface area contributed by atoms with E-state index in [1.807, 2.05) is 0 Å². The van der Waals surface area contributed by atoms with E-state index in [-0.39, 0.29) is 27.8 Å². The molecule has 3 aromatic rings. The number of halogens is 8. The summed E-state index contributed by atoms with van der Waals surface area (Å²) in [5.41, 5.74) is 0.212. The molecule has 1 aliphatic heterocycles. The van der Waals surface area contributed by atoms with E-state index in [1.165, 1.54) is 18.3 Å². The molecule has 0 fully saturated rings. The summed E-state index contributed by atoms with van der Waals surface area (Å²) in [5, 5.41) is 25.0. The van der Waals surface area contributed by atoms with Gasteiger partial charge in [0.1, 0.15) is 6.17 Å². The lowest BCUT2D eigenvalue weighted by Gasteiger charge is -2.20. The van der Waals surface area contributed by atoms with Crippen molar-refractivity contribution in [3.63, 3.8) is 0 Å². The number of carboxylic acids is 1. The molecule has 48 heavy (non-hydrogen) atoms. The van der Waals surface area contributed by atoms with Crippen LogP contribution in [-0.4, -0.2) is 84.1 Å². The molecular formula is C27H25F7IN7O6. The second-order valence-electron chi connectivity index (χ2n) is 9.80. The number of aromatic amines is 1. The van der Waals surface area contributed by atoms with Crippen LogP contribution in [0.25, 0.3) is 10.9 Å². The number of esters is 1. The first-order valence-corrected chi connectivity index (χ1v) is 14.4. The Morgan fingerprint density at radius 2 is 1.79 bits per heavy atom. The summed E-state index contributed by atoms with van der Waals surface area (Å²) in [7, 11) is 1.12. The molecule has 0 spiro atoms. The van der Waals surface area contributed by atoms with E-state index in [4.69, 9.17) is 9.90 Å². The molecule has 0 saturated heterocycles. The third kappa shape index (κ3) is 10.9. The van der Waals surface area contributed by atoms with Crippen LogP contribution in [0, 0.1) is 3.57 Å². The molecule has 2 amide bonds. The van der Waals surface area contributed by atoms with Gasteiger partial charge in [0.15, 0.2) is 5.96 Å². The number of benzene rings is 2. The first-order valence-electron chi connectivity index (χ1n) is 13.4. The van der Waals surface area contributed by atoms with Crippen LogP contribution in [-0.2, 0) is 25.3 Å². The van der Waals surface area contributed by atoms with E-state index in [2.05, 4.69) is 41.2 Å². The lowest BCUT2D eigenvalue weighted by atomic mass is 10.0. The number of nitrogens with zero attached hydrogens (tertiary/aromatic N) is 2. The van der Waals surface area contributed by atoms with Crippen LogP contribution >= 0.6 is 22.6 Å². The number of H-pyrrole nitrogens is 1. The summed E-state index contributed by atoms with van der Waals surface area (Å²) < 4.78 is 90.1. The van der Waals surface area contributed by atoms with Crippen LogP contribution in [0.2, 0.25) is 0 Å². The van der Waals surface area contributed by atoms with Crippen molar-refractivity contribution in [2.75, 3.05) is 32.1 Å². The number of alkyl halides is 7. The number of anilines is 1. The number of aliphatic carboxylic acids is 1. The van der Waals surface area contributed by atoms with Crippen molar-refractivity contribution < 1.29 is 59.8 Å². The SMILES string of the molecule is COC(=O)C[C@H](NC(=O)CNC(=O)c1cc(NC2=NCC(F)CN2)cc2[nH]ncc12)c1cc(I)cc(C(F)(F)F)c1.O=C(O)C(F)(F)F. The van der Waals surface area contributed by atoms with Crippen molar-refractivity contribution in [3.8, 4) is 0 Å². The number of aromatic nitrogens is 2. The van der Waals surface area contributed by atoms with E-state index >= 15 is 0 Å². The maximum absolute atomic E-state index is 13.4. The lowest BCUT2D eigenvalue weighted by molar-refractivity contribution is -0.192. The minimum absolute atomic E-state index is 0.0132. The van der Waals surface area contributed by atoms with Crippen LogP contribution in [0.5, 0.6) is 0 Å². The highest BCUT2D eigenvalue weighted by Crippen LogP contribution is 2.33. The molecule has 0 bridgehead atoms. The Bertz CT molecular complexity index is 1700. The molecule has 260 valence electrons. The molecule has 6 N–H and O–H groups in total. The monoisotopic (exact) mass is 803 g/mol. The fraction of sp³-hybridized carbons (Fsp3) is 0.333. The zero-order chi connectivity index (χ0) is 35.8. The van der Waals surface area contributed by atoms with Crippen molar-refractivity contribution in [1.29, 1.82) is 0 Å². The highest BCUT2D eigenvalue weighted by atomic mass is 127. The summed E-state index contributed by atoms with van der Waals surface area (Å²) in [5.74, 6) is -4.58. The molecule has 21 heteroatoms. The van der Waals surface area contributed by atoms with E-state index in [0.29, 0.717) is 22.5 Å². The minimum Gasteiger partial charge on any atom is -0.475 e. The minimum atomic E-state index is -5.08. The summed E-state index contributed by atoms with van der Waals surface area (Å²) in [6.07, 6.45) is -9.83. The van der Waals surface area contributed by atoms with Gasteiger partial charge in [0.2, 0.25) is 5.91 Å². The lowest BCUT2D eigenvalue weighted by Crippen LogP contribution is -2.41. The molecule has 2 heterocycles. The van der Waals surface area contributed by atoms with Crippen LogP contribution < -0.4 is 21.3 Å². The average Bonchev–Trinajstić information content (AvgIpc) is 3.48. The standard InChI is InChI=1S/C25H24F4IN7O4.C2HF3O2/c1-41-22(39)7-19(12-2-13(25(27,28)29)4-15(30)3-12)36-21(38)11-31-23(40)17-5-16(6-20-18(17)10-34-37-20)35-24-32-8-14(26)9-33-24;3-2(4,5)1(6)7/h2-6,10,14,19H,7-9,11H2,1H3,(H,31,40)(H,34,37)(H,36,38)(H2,32,33,35);(H,6,7)/t19-;/m0./s1. The highest BCUT2D eigenvalue weighted by Gasteiger charge is 2.38. The van der Waals surface area contributed by atoms with E-state index < -0.39 is 66.8 Å². The van der Waals surface area contributed by atoms with Gasteiger partial charge < -0.3 is 31.1 Å². The third-order valence-corrected chi connectivity index (χ3v) is 6.86. The van der Waals surface area contributed by atoms with Gasteiger partial charge >= 0.3 is 24.3 Å². The highest BCUT2D eigenvalue weighted by molar-refractivity contribution is 14.1. The maximum atomic E-state index is 13.4. The molecule has 1 aliphatic rings. The number of methoxy groups -OCH3 is 1. The molecule has 1 aromatic heterocycles. The molecule has 1 unspecified atom stereocenters. The molecule has 0 radical (unpaired) electrons. The van der Waals surface area contributed by atoms with Crippen LogP contribution in [0.3, 0.4) is 0 Å². The van der Waals surface area contributed by atoms with E-state index in [9.17, 15) is 45.1 Å². The number of guanidine groups is 1. The van der Waals surface area contributed by atoms with Crippen LogP contribution in [0.15, 0.2) is 41.5 Å². The second-order valence-corrected chi connectivity index (χ2v) is 11.1. The molecule has 2 atom stereocenters. The fourth-order valence-corrected chi connectivity index (χ4v) is 4.73. The van der Waals surface area contributed by atoms with Crippen LogP contribution in [0.4, 0.5) is 36.4 Å². The first-order chi connectivity index (χ1) is 22.4. The number of rotatable bonds is 8. The van der Waals surface area contributed by atoms with Crippen molar-refractivity contribution in [2.45, 2.75) is 31.0 Å². The van der Waals surface area contributed by atoms with Gasteiger partial charge in [-0.1, -0.05) is 0 Å². The Morgan fingerprint density at radius 3 is 2.38 bits per heavy atom. The molecule has 4 rings (SSSR count). The number of fused-ring (bicyclic) bond motifs is 1. The quantitative estimate of drug-likeness (QED) is 0.112. The maximum Gasteiger partial charge on any atom is 0.490 e. The van der Waals surface area contributed by atoms with Crippen molar-refractivity contribution in [1.82, 2.24) is 26.1 Å². The van der Waals surface area contributed by atoms with Gasteiger partial charge in [-0.15, -0.1) is 0 Å². The number of nitrogens with one attached hydrogen (secondary N) is 5. The van der Waals surface area contributed by atoms with E-state index in [1.54, 1.807) is 28.7 Å². The number of carbonyl (C=O) groups is 4. The molecule has 0 saturated carbocycles. The number of hydrogen-bond acceptors (Lipinski definition) is 9. The normalized spacial score (nSPS) is 15.2. The topological polar surface area (TPSA) is 187 Å². The van der Waals surface area contributed by atoms with Crippen LogP contribution in [0.1, 0.15) is 33.9 Å². The number of aliphatic imine (C=N–C) groups is 1. The summed E-state index contributed by atoms with van der Waals surface area (Å²) in [6.45, 7) is -0.479. The van der Waals surface area contributed by atoms with Crippen molar-refractivity contribution >= 4 is 68.9 Å². The largest absolute Gasteiger partial charge is 0.490 e. The third-order valence-electron chi connectivity index (χ3n) is 6.24. The second kappa shape index (κ2) is 15.9. The predicted molar refractivity (Wildman–Crippen MR) is 163 cm³/mol. The first kappa shape index (κ1) is 37.8. The zero-order valence-corrected chi connectivity index (χ0v) is 26.5. The van der Waals surface area contributed by atoms with Gasteiger partial charge in [0.05, 0.1) is 62.0 Å². The summed E-state index contributed by atoms with van der Waals surface area (Å²) in [4.78, 5) is 50.8. The number of carbonyl (C=O) groups excluding carboxylic acids is 3. The Kier molecular flexibility index (Phi) is 12.5. The predicted octanol–water partition coefficient (Wildman–Crippen LogP) is 3.68.